The minimum atomic E-state index is -0.791. The van der Waals surface area contributed by atoms with Gasteiger partial charge in [0.1, 0.15) is 41.1 Å². The smallest absolute Gasteiger partial charge is 0.407 e. The number of anilines is 2. The first-order valence-electron chi connectivity index (χ1n) is 26.8. The SMILES string of the molecule is COC(=O)N[C@H](C(=O)N1CCCC1c1nc2ccc([C@H]3CC[C@H](c4ccc5nc([C@@H]6CCCN6C(=O)[C@@H](NC(=O)OC)C(C)C)[nH]c5c4)N3c3cc(F)c(N4CCC(c5cc(F)cc(F)c5)CC4)c(F)c3)cc2[nH]1)C(C)C. The highest BCUT2D eigenvalue weighted by Crippen LogP contribution is 2.49. The Balaban J connectivity index is 0.965. The molecule has 6 heterocycles. The van der Waals surface area contributed by atoms with Crippen LogP contribution < -0.4 is 20.4 Å². The summed E-state index contributed by atoms with van der Waals surface area (Å²) in [6.07, 6.45) is 3.62. The van der Waals surface area contributed by atoms with Crippen LogP contribution in [0.1, 0.15) is 137 Å². The average Bonchev–Trinajstić information content (AvgIpc) is 4.29. The van der Waals surface area contributed by atoms with Crippen LogP contribution in [0.4, 0.5) is 38.5 Å². The number of likely N-dealkylation sites (tertiary alicyclic amines) is 2. The highest BCUT2D eigenvalue weighted by molar-refractivity contribution is 5.88. The van der Waals surface area contributed by atoms with E-state index in [1.807, 2.05) is 64.1 Å². The van der Waals surface area contributed by atoms with Gasteiger partial charge in [-0.2, -0.15) is 0 Å². The lowest BCUT2D eigenvalue weighted by molar-refractivity contribution is -0.136. The van der Waals surface area contributed by atoms with E-state index in [9.17, 15) is 28.0 Å². The Morgan fingerprint density at radius 1 is 0.571 bits per heavy atom. The van der Waals surface area contributed by atoms with Gasteiger partial charge in [0.25, 0.3) is 0 Å². The number of imidazole rings is 2. The Labute approximate surface area is 444 Å². The molecular weight excluding hydrogens is 997 g/mol. The monoisotopic (exact) mass is 1060 g/mol. The molecule has 0 radical (unpaired) electrons. The number of nitrogens with zero attached hydrogens (tertiary/aromatic N) is 6. The molecule has 408 valence electrons. The number of amides is 4. The second-order valence-corrected chi connectivity index (χ2v) is 21.6. The number of carbonyl (C=O) groups excluding carboxylic acids is 4. The Morgan fingerprint density at radius 2 is 1.03 bits per heavy atom. The Kier molecular flexibility index (Phi) is 15.1. The van der Waals surface area contributed by atoms with E-state index in [1.165, 1.54) is 38.5 Å². The van der Waals surface area contributed by atoms with Crippen molar-refractivity contribution >= 4 is 57.4 Å². The lowest BCUT2D eigenvalue weighted by Gasteiger charge is -2.36. The number of aromatic amines is 2. The van der Waals surface area contributed by atoms with Crippen molar-refractivity contribution in [3.63, 3.8) is 0 Å². The maximum Gasteiger partial charge on any atom is 0.407 e. The van der Waals surface area contributed by atoms with Gasteiger partial charge < -0.3 is 49.7 Å². The third-order valence-electron chi connectivity index (χ3n) is 16.2. The number of fused-ring (bicyclic) bond motifs is 2. The number of halogens is 4. The minimum absolute atomic E-state index is 0.150. The van der Waals surface area contributed by atoms with E-state index < -0.39 is 47.5 Å². The Morgan fingerprint density at radius 3 is 1.45 bits per heavy atom. The molecular formula is C57H66F4N10O6. The molecule has 4 N–H and O–H groups in total. The van der Waals surface area contributed by atoms with E-state index in [0.717, 1.165) is 41.1 Å². The van der Waals surface area contributed by atoms with Gasteiger partial charge in [-0.3, -0.25) is 9.59 Å². The first-order valence-corrected chi connectivity index (χ1v) is 26.8. The number of aromatic nitrogens is 4. The number of H-pyrrole nitrogens is 2. The van der Waals surface area contributed by atoms with Gasteiger partial charge in [0.2, 0.25) is 11.8 Å². The summed E-state index contributed by atoms with van der Waals surface area (Å²) in [7, 11) is 2.52. The summed E-state index contributed by atoms with van der Waals surface area (Å²) in [4.78, 5) is 76.6. The van der Waals surface area contributed by atoms with Crippen LogP contribution in [0.25, 0.3) is 22.1 Å². The van der Waals surface area contributed by atoms with Crippen molar-refractivity contribution in [2.75, 3.05) is 50.2 Å². The second kappa shape index (κ2) is 21.9. The molecule has 10 rings (SSSR count). The van der Waals surface area contributed by atoms with Crippen molar-refractivity contribution in [2.24, 2.45) is 11.8 Å². The van der Waals surface area contributed by atoms with Gasteiger partial charge in [-0.15, -0.1) is 0 Å². The maximum absolute atomic E-state index is 16.8. The van der Waals surface area contributed by atoms with E-state index in [-0.39, 0.29) is 72.5 Å². The molecule has 0 saturated carbocycles. The number of piperidine rings is 1. The van der Waals surface area contributed by atoms with Gasteiger partial charge in [-0.05, 0) is 134 Å². The summed E-state index contributed by atoms with van der Waals surface area (Å²) >= 11 is 0. The summed E-state index contributed by atoms with van der Waals surface area (Å²) in [6, 6.07) is 15.1. The fraction of sp³-hybridized carbons (Fsp3) is 0.474. The van der Waals surface area contributed by atoms with E-state index in [4.69, 9.17) is 19.4 Å². The van der Waals surface area contributed by atoms with Crippen molar-refractivity contribution in [1.82, 2.24) is 40.4 Å². The summed E-state index contributed by atoms with van der Waals surface area (Å²) in [5.74, 6) is -2.54. The van der Waals surface area contributed by atoms with E-state index in [0.29, 0.717) is 85.5 Å². The van der Waals surface area contributed by atoms with Crippen LogP contribution in [0.5, 0.6) is 0 Å². The highest BCUT2D eigenvalue weighted by atomic mass is 19.1. The maximum atomic E-state index is 16.8. The lowest BCUT2D eigenvalue weighted by atomic mass is 9.89. The molecule has 6 atom stereocenters. The summed E-state index contributed by atoms with van der Waals surface area (Å²) < 4.78 is 71.6. The van der Waals surface area contributed by atoms with Crippen molar-refractivity contribution in [3.05, 3.63) is 118 Å². The number of hydrogen-bond acceptors (Lipinski definition) is 10. The summed E-state index contributed by atoms with van der Waals surface area (Å²) in [5.41, 5.74) is 5.33. The number of rotatable bonds is 13. The number of ether oxygens (including phenoxy) is 2. The number of carbonyl (C=O) groups is 4. The topological polar surface area (TPSA) is 181 Å². The molecule has 6 aromatic rings. The normalized spacial score (nSPS) is 20.9. The Hall–Kier alpha value is -7.38. The van der Waals surface area contributed by atoms with E-state index in [2.05, 4.69) is 25.5 Å². The number of nitrogens with one attached hydrogen (secondary N) is 4. The van der Waals surface area contributed by atoms with Crippen LogP contribution in [0, 0.1) is 35.1 Å². The first kappa shape index (κ1) is 53.0. The van der Waals surface area contributed by atoms with Crippen LogP contribution in [-0.4, -0.2) is 106 Å². The van der Waals surface area contributed by atoms with Crippen LogP contribution in [0.15, 0.2) is 66.7 Å². The third-order valence-corrected chi connectivity index (χ3v) is 16.2. The first-order chi connectivity index (χ1) is 37.0. The molecule has 4 aromatic carbocycles. The predicted octanol–water partition coefficient (Wildman–Crippen LogP) is 10.6. The zero-order valence-corrected chi connectivity index (χ0v) is 44.2. The molecule has 16 nitrogen and oxygen atoms in total. The Bertz CT molecular complexity index is 3000. The van der Waals surface area contributed by atoms with Crippen molar-refractivity contribution in [3.8, 4) is 0 Å². The van der Waals surface area contributed by atoms with Gasteiger partial charge >= 0.3 is 12.2 Å². The van der Waals surface area contributed by atoms with Gasteiger partial charge in [-0.25, -0.2) is 37.1 Å². The summed E-state index contributed by atoms with van der Waals surface area (Å²) in [6.45, 7) is 9.03. The molecule has 2 aromatic heterocycles. The standard InChI is InChI=1S/C57H66F4N10O6/c1-30(2)49(66-56(74)76-5)54(72)69-19-7-9-47(69)52-62-41-13-11-33(25-43(41)64-52)45-15-16-46(71(45)38-28-39(60)51(40(61)29-38)68-21-17-32(18-22-68)35-23-36(58)27-37(59)24-35)34-12-14-42-44(26-34)65-53(63-42)48-10-8-20-70(48)55(73)50(31(3)4)67-57(75)77-6/h11-14,23-32,45-50H,7-10,15-22H2,1-6H3,(H,62,64)(H,63,65)(H,66,74)(H,67,75)/t45-,46-,47+,48?,49+,50+/m1/s1. The van der Waals surface area contributed by atoms with Gasteiger partial charge in [0.15, 0.2) is 11.6 Å². The molecule has 4 fully saturated rings. The van der Waals surface area contributed by atoms with Crippen molar-refractivity contribution in [1.29, 1.82) is 0 Å². The molecule has 0 bridgehead atoms. The van der Waals surface area contributed by atoms with E-state index >= 15 is 8.78 Å². The molecule has 77 heavy (non-hydrogen) atoms. The van der Waals surface area contributed by atoms with Gasteiger partial charge in [0, 0.05) is 37.9 Å². The molecule has 4 aliphatic heterocycles. The zero-order chi connectivity index (χ0) is 54.4. The zero-order valence-electron chi connectivity index (χ0n) is 44.2. The molecule has 4 aliphatic rings. The molecule has 4 amide bonds. The third kappa shape index (κ3) is 10.6. The lowest BCUT2D eigenvalue weighted by Crippen LogP contribution is -2.51. The van der Waals surface area contributed by atoms with Crippen molar-refractivity contribution in [2.45, 2.75) is 121 Å². The predicted molar refractivity (Wildman–Crippen MR) is 282 cm³/mol. The van der Waals surface area contributed by atoms with Crippen LogP contribution >= 0.6 is 0 Å². The fourth-order valence-corrected chi connectivity index (χ4v) is 12.3. The van der Waals surface area contributed by atoms with Gasteiger partial charge in [-0.1, -0.05) is 39.8 Å². The molecule has 0 spiro atoms. The average molecular weight is 1060 g/mol. The molecule has 4 saturated heterocycles. The number of benzene rings is 4. The van der Waals surface area contributed by atoms with Crippen LogP contribution in [0.3, 0.4) is 0 Å². The minimum Gasteiger partial charge on any atom is -0.453 e. The number of methoxy groups -OCH3 is 2. The fourth-order valence-electron chi connectivity index (χ4n) is 12.3. The van der Waals surface area contributed by atoms with Gasteiger partial charge in [0.05, 0.1) is 60.5 Å². The molecule has 0 aliphatic carbocycles. The van der Waals surface area contributed by atoms with Crippen molar-refractivity contribution < 1.29 is 46.2 Å². The molecule has 1 unspecified atom stereocenters. The second-order valence-electron chi connectivity index (χ2n) is 21.6. The quantitative estimate of drug-likeness (QED) is 0.0813. The van der Waals surface area contributed by atoms with E-state index in [1.54, 1.807) is 14.7 Å². The molecule has 20 heteroatoms. The largest absolute Gasteiger partial charge is 0.453 e. The number of alkyl carbamates (subject to hydrolysis) is 2. The summed E-state index contributed by atoms with van der Waals surface area (Å²) in [5, 5.41) is 5.40. The van der Waals surface area contributed by atoms with Crippen LogP contribution in [0.2, 0.25) is 0 Å². The number of hydrogen-bond donors (Lipinski definition) is 4. The highest BCUT2D eigenvalue weighted by Gasteiger charge is 2.41. The van der Waals surface area contributed by atoms with Crippen LogP contribution in [-0.2, 0) is 19.1 Å².